The van der Waals surface area contributed by atoms with Crippen molar-refractivity contribution in [1.82, 2.24) is 19.7 Å². The highest BCUT2D eigenvalue weighted by atomic mass is 19.3. The van der Waals surface area contributed by atoms with Crippen molar-refractivity contribution in [3.8, 4) is 0 Å². The molecule has 1 N–H and O–H groups in total. The molecule has 1 aliphatic carbocycles. The lowest BCUT2D eigenvalue weighted by Gasteiger charge is -2.28. The van der Waals surface area contributed by atoms with Gasteiger partial charge >= 0.3 is 0 Å². The van der Waals surface area contributed by atoms with E-state index in [9.17, 15) is 18.4 Å². The summed E-state index contributed by atoms with van der Waals surface area (Å²) in [6.07, 6.45) is 3.79. The van der Waals surface area contributed by atoms with Gasteiger partial charge in [-0.15, -0.1) is 0 Å². The van der Waals surface area contributed by atoms with Crippen LogP contribution in [0.3, 0.4) is 0 Å². The summed E-state index contributed by atoms with van der Waals surface area (Å²) in [6, 6.07) is 5.08. The third kappa shape index (κ3) is 4.86. The number of alkyl halides is 2. The fraction of sp³-hybridized carbons (Fsp3) is 0.458. The van der Waals surface area contributed by atoms with Gasteiger partial charge in [0, 0.05) is 31.4 Å². The van der Waals surface area contributed by atoms with Gasteiger partial charge in [0.05, 0.1) is 36.0 Å². The molecule has 2 aliphatic rings. The number of ether oxygens (including phenoxy) is 1. The number of nitrogens with one attached hydrogen (secondary N) is 1. The number of aromatic nitrogens is 4. The van der Waals surface area contributed by atoms with Gasteiger partial charge in [-0.2, -0.15) is 5.10 Å². The van der Waals surface area contributed by atoms with E-state index in [1.807, 2.05) is 6.07 Å². The molecular weight excluding hydrogens is 458 g/mol. The Morgan fingerprint density at radius 2 is 1.91 bits per heavy atom. The molecule has 1 amide bonds. The van der Waals surface area contributed by atoms with Crippen LogP contribution in [0.2, 0.25) is 0 Å². The van der Waals surface area contributed by atoms with Gasteiger partial charge < -0.3 is 19.7 Å². The molecule has 0 radical (unpaired) electrons. The second-order valence-electron chi connectivity index (χ2n) is 8.86. The van der Waals surface area contributed by atoms with Gasteiger partial charge in [-0.25, -0.2) is 13.8 Å². The molecule has 35 heavy (non-hydrogen) atoms. The van der Waals surface area contributed by atoms with Crippen molar-refractivity contribution < 1.29 is 23.1 Å². The smallest absolute Gasteiger partial charge is 0.284 e. The molecule has 1 saturated heterocycles. The van der Waals surface area contributed by atoms with Crippen molar-refractivity contribution in [2.75, 3.05) is 36.5 Å². The van der Waals surface area contributed by atoms with E-state index in [4.69, 9.17) is 4.74 Å². The van der Waals surface area contributed by atoms with Gasteiger partial charge in [0.25, 0.3) is 12.3 Å². The number of anilines is 2. The lowest BCUT2D eigenvalue weighted by atomic mass is 9.87. The Morgan fingerprint density at radius 3 is 2.63 bits per heavy atom. The summed E-state index contributed by atoms with van der Waals surface area (Å²) >= 11 is 0. The van der Waals surface area contributed by atoms with Crippen LogP contribution in [0.1, 0.15) is 54.2 Å². The van der Waals surface area contributed by atoms with E-state index in [1.54, 1.807) is 6.07 Å². The van der Waals surface area contributed by atoms with Crippen LogP contribution in [-0.2, 0) is 9.53 Å². The molecule has 3 aromatic rings. The predicted molar refractivity (Wildman–Crippen MR) is 125 cm³/mol. The molecule has 0 unspecified atom stereocenters. The van der Waals surface area contributed by atoms with Crippen LogP contribution in [0.15, 0.2) is 30.6 Å². The van der Waals surface area contributed by atoms with Gasteiger partial charge in [-0.05, 0) is 43.9 Å². The molecule has 184 valence electrons. The number of morpholine rings is 1. The number of fused-ring (bicyclic) bond motifs is 1. The number of halogens is 2. The van der Waals surface area contributed by atoms with Crippen LogP contribution in [0, 0.1) is 5.92 Å². The fourth-order valence-corrected chi connectivity index (χ4v) is 4.71. The largest absolute Gasteiger partial charge is 0.378 e. The summed E-state index contributed by atoms with van der Waals surface area (Å²) in [5, 5.41) is 6.70. The number of carbonyl (C=O) groups excluding carboxylic acids is 2. The number of pyridine rings is 2. The van der Waals surface area contributed by atoms with E-state index in [2.05, 4.69) is 25.3 Å². The Balaban J connectivity index is 1.41. The van der Waals surface area contributed by atoms with Crippen LogP contribution in [0.25, 0.3) is 11.0 Å². The Morgan fingerprint density at radius 1 is 1.14 bits per heavy atom. The van der Waals surface area contributed by atoms with E-state index < -0.39 is 18.0 Å². The fourth-order valence-electron chi connectivity index (χ4n) is 4.71. The zero-order chi connectivity index (χ0) is 24.4. The van der Waals surface area contributed by atoms with Gasteiger partial charge in [0.1, 0.15) is 17.6 Å². The van der Waals surface area contributed by atoms with Crippen molar-refractivity contribution in [2.24, 2.45) is 5.92 Å². The SMILES string of the molecule is O=C[C@H]1CC[C@H](n2cc(NC(=O)c3ccnc4ccc(N5CCOCC5)nc34)c(C(F)F)n2)CC1. The summed E-state index contributed by atoms with van der Waals surface area (Å²) in [5.74, 6) is 0.149. The molecule has 0 spiro atoms. The van der Waals surface area contributed by atoms with Crippen molar-refractivity contribution in [2.45, 2.75) is 38.2 Å². The average Bonchev–Trinajstić information content (AvgIpc) is 3.32. The number of nitrogens with zero attached hydrogens (tertiary/aromatic N) is 5. The molecule has 0 bridgehead atoms. The summed E-state index contributed by atoms with van der Waals surface area (Å²) < 4.78 is 34.4. The first-order valence-electron chi connectivity index (χ1n) is 11.8. The van der Waals surface area contributed by atoms with E-state index in [-0.39, 0.29) is 23.2 Å². The van der Waals surface area contributed by atoms with Crippen LogP contribution in [-0.4, -0.2) is 58.2 Å². The predicted octanol–water partition coefficient (Wildman–Crippen LogP) is 3.78. The maximum absolute atomic E-state index is 13.8. The normalized spacial score (nSPS) is 20.8. The van der Waals surface area contributed by atoms with Gasteiger partial charge in [-0.3, -0.25) is 14.5 Å². The minimum Gasteiger partial charge on any atom is -0.378 e. The molecule has 4 heterocycles. The quantitative estimate of drug-likeness (QED) is 0.531. The first-order chi connectivity index (χ1) is 17.0. The third-order valence-corrected chi connectivity index (χ3v) is 6.67. The molecule has 3 aromatic heterocycles. The van der Waals surface area contributed by atoms with Crippen molar-refractivity contribution in [3.63, 3.8) is 0 Å². The molecule has 0 atom stereocenters. The van der Waals surface area contributed by atoms with Gasteiger partial charge in [0.2, 0.25) is 0 Å². The topological polar surface area (TPSA) is 102 Å². The molecule has 1 saturated carbocycles. The molecule has 0 aromatic carbocycles. The maximum atomic E-state index is 13.8. The number of amides is 1. The summed E-state index contributed by atoms with van der Waals surface area (Å²) in [5.41, 5.74) is 0.663. The second-order valence-corrected chi connectivity index (χ2v) is 8.86. The minimum atomic E-state index is -2.85. The number of hydrogen-bond acceptors (Lipinski definition) is 7. The highest BCUT2D eigenvalue weighted by Gasteiger charge is 2.27. The molecule has 1 aliphatic heterocycles. The monoisotopic (exact) mass is 484 g/mol. The number of rotatable bonds is 6. The Kier molecular flexibility index (Phi) is 6.67. The molecule has 2 fully saturated rings. The summed E-state index contributed by atoms with van der Waals surface area (Å²) in [4.78, 5) is 35.3. The Labute approximate surface area is 200 Å². The molecule has 5 rings (SSSR count). The Hall–Kier alpha value is -3.47. The highest BCUT2D eigenvalue weighted by molar-refractivity contribution is 6.11. The zero-order valence-corrected chi connectivity index (χ0v) is 19.1. The average molecular weight is 485 g/mol. The minimum absolute atomic E-state index is 0.00498. The summed E-state index contributed by atoms with van der Waals surface area (Å²) in [6.45, 7) is 2.56. The van der Waals surface area contributed by atoms with Gasteiger partial charge in [-0.1, -0.05) is 0 Å². The Bertz CT molecular complexity index is 1220. The second kappa shape index (κ2) is 10.0. The lowest BCUT2D eigenvalue weighted by Crippen LogP contribution is -2.36. The molecule has 9 nitrogen and oxygen atoms in total. The van der Waals surface area contributed by atoms with E-state index in [0.29, 0.717) is 68.8 Å². The zero-order valence-electron chi connectivity index (χ0n) is 19.1. The molecule has 11 heteroatoms. The summed E-state index contributed by atoms with van der Waals surface area (Å²) in [7, 11) is 0. The van der Waals surface area contributed by atoms with Crippen LogP contribution >= 0.6 is 0 Å². The highest BCUT2D eigenvalue weighted by Crippen LogP contribution is 2.34. The maximum Gasteiger partial charge on any atom is 0.284 e. The van der Waals surface area contributed by atoms with Crippen LogP contribution in [0.4, 0.5) is 20.3 Å². The van der Waals surface area contributed by atoms with Crippen molar-refractivity contribution in [3.05, 3.63) is 41.9 Å². The number of carbonyl (C=O) groups is 2. The first-order valence-corrected chi connectivity index (χ1v) is 11.8. The number of hydrogen-bond donors (Lipinski definition) is 1. The van der Waals surface area contributed by atoms with E-state index in [1.165, 1.54) is 23.1 Å². The van der Waals surface area contributed by atoms with E-state index in [0.717, 1.165) is 6.29 Å². The molecular formula is C24H26F2N6O3. The van der Waals surface area contributed by atoms with E-state index >= 15 is 0 Å². The first kappa shape index (κ1) is 23.3. The standard InChI is InChI=1S/C24H26F2N6O3/c25-23(26)22-19(13-32(30-22)16-3-1-15(14-33)2-4-16)28-24(34)17-7-8-27-18-5-6-20(29-21(17)18)31-9-11-35-12-10-31/h5-8,13-16,23H,1-4,9-12H2,(H,28,34)/t15-,16-. The van der Waals surface area contributed by atoms with Crippen molar-refractivity contribution >= 4 is 34.7 Å². The van der Waals surface area contributed by atoms with Crippen LogP contribution in [0.5, 0.6) is 0 Å². The lowest BCUT2D eigenvalue weighted by molar-refractivity contribution is -0.112. The third-order valence-electron chi connectivity index (χ3n) is 6.67. The van der Waals surface area contributed by atoms with Crippen molar-refractivity contribution in [1.29, 1.82) is 0 Å². The van der Waals surface area contributed by atoms with Gasteiger partial charge in [0.15, 0.2) is 5.69 Å². The number of aldehydes is 1. The van der Waals surface area contributed by atoms with Crippen LogP contribution < -0.4 is 10.2 Å².